The highest BCUT2D eigenvalue weighted by Gasteiger charge is 2.32. The molecular weight excluding hydrogens is 532 g/mol. The maximum atomic E-state index is 12.9. The molecule has 40 heavy (non-hydrogen) atoms. The summed E-state index contributed by atoms with van der Waals surface area (Å²) < 4.78 is 16.1. The first-order valence-corrected chi connectivity index (χ1v) is 13.6. The minimum Gasteiger partial charge on any atom is -0.496 e. The lowest BCUT2D eigenvalue weighted by Crippen LogP contribution is -2.45. The third-order valence-corrected chi connectivity index (χ3v) is 6.28. The summed E-state index contributed by atoms with van der Waals surface area (Å²) in [6.07, 6.45) is 1.78. The molecule has 0 saturated heterocycles. The van der Waals surface area contributed by atoms with Crippen molar-refractivity contribution in [2.75, 3.05) is 20.3 Å². The summed E-state index contributed by atoms with van der Waals surface area (Å²) in [5, 5.41) is 14.4. The summed E-state index contributed by atoms with van der Waals surface area (Å²) >= 11 is 5.87. The number of esters is 2. The molecule has 2 atom stereocenters. The third kappa shape index (κ3) is 8.78. The molecule has 0 bridgehead atoms. The number of halogens is 1. The molecule has 9 heteroatoms. The molecule has 0 fully saturated rings. The molecule has 2 N–H and O–H groups in total. The van der Waals surface area contributed by atoms with E-state index in [2.05, 4.69) is 10.3 Å². The molecule has 8 nitrogen and oxygen atoms in total. The molecule has 0 aliphatic carbocycles. The van der Waals surface area contributed by atoms with Crippen LogP contribution in [0, 0.1) is 0 Å². The van der Waals surface area contributed by atoms with Gasteiger partial charge in [0.25, 0.3) is 0 Å². The maximum absolute atomic E-state index is 12.9. The zero-order chi connectivity index (χ0) is 29.3. The summed E-state index contributed by atoms with van der Waals surface area (Å²) in [5.74, 6) is -0.338. The Kier molecular flexibility index (Phi) is 11.1. The number of hydrogen-bond donors (Lipinski definition) is 2. The standard InChI is InChI=1S/C31H37ClN2O6/c1-6-39-29(36)22-13-15-24(25(18-22)38-5)21-11-9-20(10-12-21)8-7-17-33-27(30(37)40-31(2,3)4)28(35)23-14-16-26(32)34-19-23/h9-16,18-19,27-28,33,35H,6-8,17H2,1-5H3/t27?,28-/m1/s1. The van der Waals surface area contributed by atoms with Crippen molar-refractivity contribution in [3.05, 3.63) is 82.6 Å². The Morgan fingerprint density at radius 1 is 1.07 bits per heavy atom. The molecule has 0 amide bonds. The second kappa shape index (κ2) is 14.3. The number of carbonyl (C=O) groups excluding carboxylic acids is 2. The summed E-state index contributed by atoms with van der Waals surface area (Å²) in [7, 11) is 1.57. The Morgan fingerprint density at radius 2 is 1.80 bits per heavy atom. The lowest BCUT2D eigenvalue weighted by Gasteiger charge is -2.27. The van der Waals surface area contributed by atoms with E-state index in [-0.39, 0.29) is 5.97 Å². The van der Waals surface area contributed by atoms with E-state index in [1.54, 1.807) is 59.1 Å². The first-order valence-electron chi connectivity index (χ1n) is 13.2. The minimum atomic E-state index is -1.15. The SMILES string of the molecule is CCOC(=O)c1ccc(-c2ccc(CCCNC(C(=O)OC(C)(C)C)[C@H](O)c3ccc(Cl)nc3)cc2)c(OC)c1. The highest BCUT2D eigenvalue weighted by Crippen LogP contribution is 2.31. The van der Waals surface area contributed by atoms with Crippen LogP contribution in [0.2, 0.25) is 5.15 Å². The van der Waals surface area contributed by atoms with Crippen molar-refractivity contribution >= 4 is 23.5 Å². The fourth-order valence-electron chi connectivity index (χ4n) is 4.12. The normalized spacial score (nSPS) is 12.9. The first kappa shape index (κ1) is 31.1. The Labute approximate surface area is 240 Å². The van der Waals surface area contributed by atoms with Crippen LogP contribution in [0.3, 0.4) is 0 Å². The number of aryl methyl sites for hydroxylation is 1. The van der Waals surface area contributed by atoms with Crippen LogP contribution in [-0.2, 0) is 20.7 Å². The zero-order valence-electron chi connectivity index (χ0n) is 23.6. The van der Waals surface area contributed by atoms with Crippen LogP contribution in [0.1, 0.15) is 61.7 Å². The van der Waals surface area contributed by atoms with Crippen molar-refractivity contribution in [1.29, 1.82) is 0 Å². The molecule has 214 valence electrons. The van der Waals surface area contributed by atoms with Gasteiger partial charge < -0.3 is 24.6 Å². The number of hydrogen-bond acceptors (Lipinski definition) is 8. The van der Waals surface area contributed by atoms with E-state index in [0.717, 1.165) is 29.5 Å². The number of aliphatic hydroxyl groups excluding tert-OH is 1. The minimum absolute atomic E-state index is 0.302. The maximum Gasteiger partial charge on any atom is 0.338 e. The lowest BCUT2D eigenvalue weighted by molar-refractivity contribution is -0.160. The number of benzene rings is 2. The van der Waals surface area contributed by atoms with Gasteiger partial charge in [0.2, 0.25) is 0 Å². The summed E-state index contributed by atoms with van der Waals surface area (Å²) in [4.78, 5) is 29.0. The van der Waals surface area contributed by atoms with Gasteiger partial charge in [0, 0.05) is 17.3 Å². The number of nitrogens with zero attached hydrogens (tertiary/aromatic N) is 1. The molecular formula is C31H37ClN2O6. The molecule has 3 rings (SSSR count). The molecule has 0 saturated carbocycles. The van der Waals surface area contributed by atoms with Crippen molar-refractivity contribution in [3.63, 3.8) is 0 Å². The van der Waals surface area contributed by atoms with Crippen molar-refractivity contribution < 1.29 is 28.9 Å². The fraction of sp³-hybridized carbons (Fsp3) is 0.387. The Bertz CT molecular complexity index is 1270. The van der Waals surface area contributed by atoms with Crippen LogP contribution in [0.4, 0.5) is 0 Å². The van der Waals surface area contributed by atoms with Gasteiger partial charge in [0.05, 0.1) is 19.3 Å². The molecule has 2 aromatic carbocycles. The van der Waals surface area contributed by atoms with Gasteiger partial charge in [-0.3, -0.25) is 4.79 Å². The number of nitrogens with one attached hydrogen (secondary N) is 1. The van der Waals surface area contributed by atoms with Crippen LogP contribution in [0.25, 0.3) is 11.1 Å². The molecule has 0 spiro atoms. The van der Waals surface area contributed by atoms with Crippen LogP contribution >= 0.6 is 11.6 Å². The molecule has 0 radical (unpaired) electrons. The Morgan fingerprint density at radius 3 is 2.40 bits per heavy atom. The highest BCUT2D eigenvalue weighted by atomic mass is 35.5. The van der Waals surface area contributed by atoms with Crippen molar-refractivity contribution in [3.8, 4) is 16.9 Å². The van der Waals surface area contributed by atoms with E-state index < -0.39 is 23.7 Å². The molecule has 3 aromatic rings. The monoisotopic (exact) mass is 568 g/mol. The molecule has 0 aliphatic rings. The van der Waals surface area contributed by atoms with Gasteiger partial charge in [0.15, 0.2) is 0 Å². The number of carbonyl (C=O) groups is 2. The van der Waals surface area contributed by atoms with E-state index in [0.29, 0.717) is 35.2 Å². The average molecular weight is 569 g/mol. The smallest absolute Gasteiger partial charge is 0.338 e. The van der Waals surface area contributed by atoms with Gasteiger partial charge >= 0.3 is 11.9 Å². The quantitative estimate of drug-likeness (QED) is 0.166. The Hall–Kier alpha value is -3.46. The van der Waals surface area contributed by atoms with Gasteiger partial charge in [-0.2, -0.15) is 0 Å². The first-order chi connectivity index (χ1) is 19.0. The van der Waals surface area contributed by atoms with Crippen molar-refractivity contribution in [2.45, 2.75) is 58.3 Å². The number of aromatic nitrogens is 1. The van der Waals surface area contributed by atoms with E-state index >= 15 is 0 Å². The molecule has 1 unspecified atom stereocenters. The average Bonchev–Trinajstić information content (AvgIpc) is 2.92. The number of rotatable bonds is 12. The van der Waals surface area contributed by atoms with Crippen LogP contribution < -0.4 is 10.1 Å². The van der Waals surface area contributed by atoms with Gasteiger partial charge in [-0.15, -0.1) is 0 Å². The van der Waals surface area contributed by atoms with E-state index in [1.807, 2.05) is 30.3 Å². The van der Waals surface area contributed by atoms with Gasteiger partial charge in [-0.25, -0.2) is 9.78 Å². The van der Waals surface area contributed by atoms with Gasteiger partial charge in [0.1, 0.15) is 28.6 Å². The lowest BCUT2D eigenvalue weighted by atomic mass is 9.99. The summed E-state index contributed by atoms with van der Waals surface area (Å²) in [5.41, 5.74) is 3.15. The van der Waals surface area contributed by atoms with Gasteiger partial charge in [-0.1, -0.05) is 41.9 Å². The third-order valence-electron chi connectivity index (χ3n) is 6.05. The zero-order valence-corrected chi connectivity index (χ0v) is 24.3. The summed E-state index contributed by atoms with van der Waals surface area (Å²) in [6.45, 7) is 7.91. The molecule has 1 heterocycles. The second-order valence-electron chi connectivity index (χ2n) is 10.3. The summed E-state index contributed by atoms with van der Waals surface area (Å²) in [6, 6.07) is 15.6. The fourth-order valence-corrected chi connectivity index (χ4v) is 4.23. The second-order valence-corrected chi connectivity index (χ2v) is 10.6. The Balaban J connectivity index is 1.63. The number of pyridine rings is 1. The van der Waals surface area contributed by atoms with E-state index in [9.17, 15) is 14.7 Å². The topological polar surface area (TPSA) is 107 Å². The van der Waals surface area contributed by atoms with Crippen LogP contribution in [0.15, 0.2) is 60.8 Å². The van der Waals surface area contributed by atoms with Crippen molar-refractivity contribution in [2.24, 2.45) is 0 Å². The van der Waals surface area contributed by atoms with Crippen LogP contribution in [0.5, 0.6) is 5.75 Å². The molecule has 1 aromatic heterocycles. The number of aliphatic hydroxyl groups is 1. The largest absolute Gasteiger partial charge is 0.496 e. The van der Waals surface area contributed by atoms with E-state index in [1.165, 1.54) is 6.20 Å². The van der Waals surface area contributed by atoms with E-state index in [4.69, 9.17) is 25.8 Å². The predicted octanol–water partition coefficient (Wildman–Crippen LogP) is 5.55. The number of ether oxygens (including phenoxy) is 3. The van der Waals surface area contributed by atoms with Gasteiger partial charge in [-0.05, 0) is 82.5 Å². The highest BCUT2D eigenvalue weighted by molar-refractivity contribution is 6.29. The van der Waals surface area contributed by atoms with Crippen LogP contribution in [-0.4, -0.2) is 53.9 Å². The number of methoxy groups -OCH3 is 1. The predicted molar refractivity (Wildman–Crippen MR) is 155 cm³/mol. The van der Waals surface area contributed by atoms with Crippen molar-refractivity contribution in [1.82, 2.24) is 10.3 Å². The molecule has 0 aliphatic heterocycles.